The van der Waals surface area contributed by atoms with Gasteiger partial charge in [-0.25, -0.2) is 0 Å². The molecule has 0 fully saturated rings. The van der Waals surface area contributed by atoms with Gasteiger partial charge in [0, 0.05) is 27.5 Å². The fourth-order valence-electron chi connectivity index (χ4n) is 4.32. The van der Waals surface area contributed by atoms with E-state index in [4.69, 9.17) is 0 Å². The van der Waals surface area contributed by atoms with Crippen molar-refractivity contribution < 1.29 is 14.4 Å². The Morgan fingerprint density at radius 3 is 1.81 bits per heavy atom. The van der Waals surface area contributed by atoms with E-state index in [1.807, 2.05) is 115 Å². The van der Waals surface area contributed by atoms with Crippen molar-refractivity contribution in [3.63, 3.8) is 0 Å². The average molecular weight is 584 g/mol. The molecule has 0 atom stereocenters. The molecule has 3 amide bonds. The topological polar surface area (TPSA) is 78.5 Å². The minimum atomic E-state index is -0.467. The number of hydrogen-bond donors (Lipinski definition) is 2. The zero-order valence-corrected chi connectivity index (χ0v) is 24.0. The normalized spacial score (nSPS) is 10.9. The Morgan fingerprint density at radius 2 is 1.21 bits per heavy atom. The molecule has 5 aromatic carbocycles. The van der Waals surface area contributed by atoms with Crippen LogP contribution in [0.25, 0.3) is 6.08 Å². The summed E-state index contributed by atoms with van der Waals surface area (Å²) in [5.74, 6) is -0.741. The molecule has 212 valence electrons. The first-order valence-corrected chi connectivity index (χ1v) is 14.7. The van der Waals surface area contributed by atoms with Gasteiger partial charge in [-0.1, -0.05) is 91.0 Å². The van der Waals surface area contributed by atoms with Gasteiger partial charge in [-0.15, -0.1) is 11.8 Å². The van der Waals surface area contributed by atoms with Gasteiger partial charge in [-0.2, -0.15) is 0 Å². The number of anilines is 3. The lowest BCUT2D eigenvalue weighted by molar-refractivity contribution is -0.115. The zero-order chi connectivity index (χ0) is 29.9. The van der Waals surface area contributed by atoms with Gasteiger partial charge in [-0.05, 0) is 66.2 Å². The van der Waals surface area contributed by atoms with Gasteiger partial charge in [-0.3, -0.25) is 19.3 Å². The molecule has 0 unspecified atom stereocenters. The second-order valence-electron chi connectivity index (χ2n) is 9.46. The fraction of sp³-hybridized carbons (Fsp3) is 0.0278. The number of hydrogen-bond acceptors (Lipinski definition) is 4. The Kier molecular flexibility index (Phi) is 9.80. The number of para-hydroxylation sites is 2. The molecular weight excluding hydrogens is 554 g/mol. The zero-order valence-electron chi connectivity index (χ0n) is 23.2. The SMILES string of the molecule is O=C(Nc1cccc(SCC(=O)N(c2ccccc2)c2ccccc2)c1)/C(=C/c1ccccc1)NC(=O)c1ccccc1. The van der Waals surface area contributed by atoms with Crippen molar-refractivity contribution in [3.8, 4) is 0 Å². The number of amides is 3. The van der Waals surface area contributed by atoms with Crippen molar-refractivity contribution in [1.82, 2.24) is 5.32 Å². The van der Waals surface area contributed by atoms with Gasteiger partial charge in [0.1, 0.15) is 5.70 Å². The number of benzene rings is 5. The Morgan fingerprint density at radius 1 is 0.651 bits per heavy atom. The Bertz CT molecular complexity index is 1670. The van der Waals surface area contributed by atoms with Crippen LogP contribution in [-0.2, 0) is 9.59 Å². The Balaban J connectivity index is 1.30. The maximum Gasteiger partial charge on any atom is 0.272 e. The first kappa shape index (κ1) is 29.1. The maximum atomic E-state index is 13.5. The quantitative estimate of drug-likeness (QED) is 0.131. The third-order valence-corrected chi connectivity index (χ3v) is 7.35. The molecule has 43 heavy (non-hydrogen) atoms. The molecule has 0 heterocycles. The van der Waals surface area contributed by atoms with Crippen LogP contribution >= 0.6 is 11.8 Å². The first-order valence-electron chi connectivity index (χ1n) is 13.7. The molecule has 0 aliphatic rings. The lowest BCUT2D eigenvalue weighted by atomic mass is 10.1. The highest BCUT2D eigenvalue weighted by Gasteiger charge is 2.19. The molecule has 7 heteroatoms. The lowest BCUT2D eigenvalue weighted by Crippen LogP contribution is -2.30. The molecule has 0 aliphatic carbocycles. The summed E-state index contributed by atoms with van der Waals surface area (Å²) < 4.78 is 0. The molecule has 5 aromatic rings. The van der Waals surface area contributed by atoms with Crippen molar-refractivity contribution in [2.24, 2.45) is 0 Å². The monoisotopic (exact) mass is 583 g/mol. The molecule has 0 bridgehead atoms. The molecule has 2 N–H and O–H groups in total. The molecule has 0 radical (unpaired) electrons. The number of nitrogens with zero attached hydrogens (tertiary/aromatic N) is 1. The molecular formula is C36H29N3O3S. The molecule has 0 spiro atoms. The minimum Gasteiger partial charge on any atom is -0.321 e. The predicted octanol–water partition coefficient (Wildman–Crippen LogP) is 7.55. The summed E-state index contributed by atoms with van der Waals surface area (Å²) in [4.78, 5) is 42.3. The summed E-state index contributed by atoms with van der Waals surface area (Å²) in [6.45, 7) is 0. The van der Waals surface area contributed by atoms with Crippen LogP contribution in [0.2, 0.25) is 0 Å². The van der Waals surface area contributed by atoms with Crippen LogP contribution in [-0.4, -0.2) is 23.5 Å². The van der Waals surface area contributed by atoms with Gasteiger partial charge >= 0.3 is 0 Å². The molecule has 0 aromatic heterocycles. The molecule has 0 saturated carbocycles. The van der Waals surface area contributed by atoms with Crippen LogP contribution in [0.4, 0.5) is 17.1 Å². The number of carbonyl (C=O) groups excluding carboxylic acids is 3. The standard InChI is InChI=1S/C36H29N3O3S/c40-34(39(30-19-9-3-10-20-30)31-21-11-4-12-22-31)26-43-32-23-13-18-29(25-32)37-36(42)33(24-27-14-5-1-6-15-27)38-35(41)28-16-7-2-8-17-28/h1-25H,26H2,(H,37,42)(H,38,41)/b33-24-. The summed E-state index contributed by atoms with van der Waals surface area (Å²) in [6, 6.07) is 44.4. The van der Waals surface area contributed by atoms with Crippen LogP contribution in [0.15, 0.2) is 156 Å². The number of nitrogens with one attached hydrogen (secondary N) is 2. The highest BCUT2D eigenvalue weighted by Crippen LogP contribution is 2.28. The van der Waals surface area contributed by atoms with Crippen LogP contribution in [0, 0.1) is 0 Å². The van der Waals surface area contributed by atoms with E-state index in [9.17, 15) is 14.4 Å². The largest absolute Gasteiger partial charge is 0.321 e. The van der Waals surface area contributed by atoms with Crippen molar-refractivity contribution in [1.29, 1.82) is 0 Å². The summed E-state index contributed by atoms with van der Waals surface area (Å²) >= 11 is 1.38. The second-order valence-corrected chi connectivity index (χ2v) is 10.5. The van der Waals surface area contributed by atoms with Gasteiger partial charge in [0.2, 0.25) is 5.91 Å². The lowest BCUT2D eigenvalue weighted by Gasteiger charge is -2.23. The maximum absolute atomic E-state index is 13.5. The van der Waals surface area contributed by atoms with Crippen molar-refractivity contribution in [2.75, 3.05) is 16.0 Å². The predicted molar refractivity (Wildman–Crippen MR) is 174 cm³/mol. The molecule has 5 rings (SSSR count). The van der Waals surface area contributed by atoms with E-state index in [0.717, 1.165) is 21.8 Å². The third kappa shape index (κ3) is 8.09. The number of thioether (sulfide) groups is 1. The second kappa shape index (κ2) is 14.5. The van der Waals surface area contributed by atoms with Crippen LogP contribution in [0.1, 0.15) is 15.9 Å². The Labute approximate surface area is 255 Å². The van der Waals surface area contributed by atoms with Crippen molar-refractivity contribution >= 4 is 52.6 Å². The van der Waals surface area contributed by atoms with Gasteiger partial charge in [0.25, 0.3) is 11.8 Å². The van der Waals surface area contributed by atoms with E-state index in [0.29, 0.717) is 11.3 Å². The van der Waals surface area contributed by atoms with E-state index in [2.05, 4.69) is 10.6 Å². The van der Waals surface area contributed by atoms with E-state index in [1.54, 1.807) is 41.3 Å². The molecule has 0 aliphatic heterocycles. The average Bonchev–Trinajstić information content (AvgIpc) is 3.05. The highest BCUT2D eigenvalue weighted by molar-refractivity contribution is 8.00. The van der Waals surface area contributed by atoms with Gasteiger partial charge in [0.05, 0.1) is 5.75 Å². The molecule has 0 saturated heterocycles. The first-order chi connectivity index (χ1) is 21.1. The summed E-state index contributed by atoms with van der Waals surface area (Å²) in [5, 5.41) is 5.65. The van der Waals surface area contributed by atoms with Crippen LogP contribution in [0.3, 0.4) is 0 Å². The Hall–Kier alpha value is -5.40. The summed E-state index contributed by atoms with van der Waals surface area (Å²) in [7, 11) is 0. The van der Waals surface area contributed by atoms with E-state index < -0.39 is 5.91 Å². The number of carbonyl (C=O) groups is 3. The van der Waals surface area contributed by atoms with Crippen molar-refractivity contribution in [3.05, 3.63) is 162 Å². The summed E-state index contributed by atoms with van der Waals surface area (Å²) in [6.07, 6.45) is 1.63. The minimum absolute atomic E-state index is 0.0754. The fourth-order valence-corrected chi connectivity index (χ4v) is 5.13. The molecule has 6 nitrogen and oxygen atoms in total. The van der Waals surface area contributed by atoms with Gasteiger partial charge in [0.15, 0.2) is 0 Å². The van der Waals surface area contributed by atoms with Gasteiger partial charge < -0.3 is 10.6 Å². The van der Waals surface area contributed by atoms with Crippen molar-refractivity contribution in [2.45, 2.75) is 4.90 Å². The van der Waals surface area contributed by atoms with E-state index in [-0.39, 0.29) is 23.3 Å². The smallest absolute Gasteiger partial charge is 0.272 e. The van der Waals surface area contributed by atoms with E-state index >= 15 is 0 Å². The van der Waals surface area contributed by atoms with Crippen LogP contribution in [0.5, 0.6) is 0 Å². The van der Waals surface area contributed by atoms with Crippen LogP contribution < -0.4 is 15.5 Å². The number of rotatable bonds is 10. The van der Waals surface area contributed by atoms with E-state index in [1.165, 1.54) is 11.8 Å². The highest BCUT2D eigenvalue weighted by atomic mass is 32.2. The third-order valence-electron chi connectivity index (χ3n) is 6.37. The summed E-state index contributed by atoms with van der Waals surface area (Å²) in [5.41, 5.74) is 3.43.